The lowest BCUT2D eigenvalue weighted by molar-refractivity contribution is 0.581. The minimum atomic E-state index is -3.59. The van der Waals surface area contributed by atoms with E-state index >= 15 is 0 Å². The molecule has 3 N–H and O–H groups in total. The summed E-state index contributed by atoms with van der Waals surface area (Å²) in [5.74, 6) is 0. The van der Waals surface area contributed by atoms with Gasteiger partial charge in [0.25, 0.3) is 0 Å². The van der Waals surface area contributed by atoms with Crippen molar-refractivity contribution in [2.75, 3.05) is 5.73 Å². The number of nitrogen functional groups attached to an aromatic ring is 1. The van der Waals surface area contributed by atoms with Crippen LogP contribution >= 0.6 is 43.2 Å². The number of nitrogens with one attached hydrogen (secondary N) is 1. The molecule has 1 aromatic carbocycles. The van der Waals surface area contributed by atoms with Crippen LogP contribution in [-0.4, -0.2) is 8.42 Å². The van der Waals surface area contributed by atoms with Crippen LogP contribution in [0.2, 0.25) is 0 Å². The van der Waals surface area contributed by atoms with E-state index in [9.17, 15) is 8.42 Å². The van der Waals surface area contributed by atoms with Gasteiger partial charge >= 0.3 is 0 Å². The van der Waals surface area contributed by atoms with Crippen molar-refractivity contribution in [2.45, 2.75) is 18.4 Å². The number of nitrogens with two attached hydrogens (primary N) is 1. The summed E-state index contributed by atoms with van der Waals surface area (Å²) >= 11 is 8.10. The molecule has 0 amide bonds. The van der Waals surface area contributed by atoms with Crippen molar-refractivity contribution >= 4 is 58.9 Å². The van der Waals surface area contributed by atoms with Gasteiger partial charge in [0, 0.05) is 21.6 Å². The lowest BCUT2D eigenvalue weighted by Gasteiger charge is -2.11. The van der Waals surface area contributed by atoms with Crippen LogP contribution in [0, 0.1) is 6.92 Å². The monoisotopic (exact) mass is 438 g/mol. The molecule has 20 heavy (non-hydrogen) atoms. The van der Waals surface area contributed by atoms with Gasteiger partial charge in [0.15, 0.2) is 0 Å². The van der Waals surface area contributed by atoms with Crippen molar-refractivity contribution in [1.29, 1.82) is 0 Å². The number of hydrogen-bond donors (Lipinski definition) is 2. The highest BCUT2D eigenvalue weighted by Gasteiger charge is 2.19. The Morgan fingerprint density at radius 3 is 2.60 bits per heavy atom. The second kappa shape index (κ2) is 6.15. The van der Waals surface area contributed by atoms with E-state index in [4.69, 9.17) is 5.73 Å². The molecule has 2 aromatic rings. The van der Waals surface area contributed by atoms with Gasteiger partial charge in [-0.05, 0) is 52.7 Å². The fourth-order valence-corrected chi connectivity index (χ4v) is 5.09. The van der Waals surface area contributed by atoms with Gasteiger partial charge in [-0.1, -0.05) is 15.9 Å². The van der Waals surface area contributed by atoms with Gasteiger partial charge in [-0.3, -0.25) is 0 Å². The molecular weight excluding hydrogens is 428 g/mol. The van der Waals surface area contributed by atoms with E-state index in [0.29, 0.717) is 15.7 Å². The van der Waals surface area contributed by atoms with E-state index in [-0.39, 0.29) is 11.4 Å². The van der Waals surface area contributed by atoms with Gasteiger partial charge in [0.1, 0.15) is 0 Å². The molecule has 0 spiro atoms. The summed E-state index contributed by atoms with van der Waals surface area (Å²) in [7, 11) is -3.59. The van der Waals surface area contributed by atoms with Crippen molar-refractivity contribution in [1.82, 2.24) is 4.72 Å². The summed E-state index contributed by atoms with van der Waals surface area (Å²) in [5.41, 5.74) is 6.79. The van der Waals surface area contributed by atoms with Crippen LogP contribution in [0.3, 0.4) is 0 Å². The zero-order valence-electron chi connectivity index (χ0n) is 10.5. The third kappa shape index (κ3) is 3.62. The van der Waals surface area contributed by atoms with Crippen LogP contribution in [0.1, 0.15) is 10.4 Å². The van der Waals surface area contributed by atoms with E-state index in [1.54, 1.807) is 19.1 Å². The first-order chi connectivity index (χ1) is 9.29. The van der Waals surface area contributed by atoms with E-state index in [0.717, 1.165) is 8.66 Å². The fraction of sp³-hybridized carbons (Fsp3) is 0.167. The summed E-state index contributed by atoms with van der Waals surface area (Å²) in [5, 5.41) is 0. The number of rotatable bonds is 4. The number of halogens is 2. The number of benzene rings is 1. The molecule has 108 valence electrons. The predicted octanol–water partition coefficient (Wildman–Crippen LogP) is 3.64. The van der Waals surface area contributed by atoms with Crippen LogP contribution < -0.4 is 10.5 Å². The van der Waals surface area contributed by atoms with Crippen LogP contribution in [0.25, 0.3) is 0 Å². The molecule has 0 aliphatic carbocycles. The van der Waals surface area contributed by atoms with Gasteiger partial charge in [-0.2, -0.15) is 0 Å². The van der Waals surface area contributed by atoms with Crippen molar-refractivity contribution < 1.29 is 8.42 Å². The Bertz CT molecular complexity index is 742. The van der Waals surface area contributed by atoms with Crippen molar-refractivity contribution in [3.63, 3.8) is 0 Å². The van der Waals surface area contributed by atoms with Crippen LogP contribution in [-0.2, 0) is 16.6 Å². The topological polar surface area (TPSA) is 72.2 Å². The average molecular weight is 440 g/mol. The van der Waals surface area contributed by atoms with Crippen LogP contribution in [0.5, 0.6) is 0 Å². The second-order valence-corrected chi connectivity index (χ2v) is 9.35. The first kappa shape index (κ1) is 16.0. The largest absolute Gasteiger partial charge is 0.398 e. The minimum absolute atomic E-state index is 0.194. The molecule has 0 saturated heterocycles. The molecule has 0 fully saturated rings. The zero-order chi connectivity index (χ0) is 14.9. The Labute approximate surface area is 138 Å². The Morgan fingerprint density at radius 2 is 2.00 bits per heavy atom. The summed E-state index contributed by atoms with van der Waals surface area (Å²) in [6.45, 7) is 1.95. The van der Waals surface area contributed by atoms with Gasteiger partial charge in [0.05, 0.1) is 8.68 Å². The number of hydrogen-bond acceptors (Lipinski definition) is 4. The molecule has 0 saturated carbocycles. The molecule has 0 radical (unpaired) electrons. The van der Waals surface area contributed by atoms with E-state index in [2.05, 4.69) is 36.6 Å². The van der Waals surface area contributed by atoms with E-state index in [1.165, 1.54) is 11.3 Å². The van der Waals surface area contributed by atoms with Crippen molar-refractivity contribution in [3.05, 3.63) is 43.0 Å². The maximum absolute atomic E-state index is 12.3. The Balaban J connectivity index is 2.27. The molecule has 4 nitrogen and oxygen atoms in total. The lowest BCUT2D eigenvalue weighted by atomic mass is 10.2. The number of sulfonamides is 1. The third-order valence-corrected chi connectivity index (χ3v) is 6.33. The molecule has 8 heteroatoms. The molecule has 0 atom stereocenters. The summed E-state index contributed by atoms with van der Waals surface area (Å²) in [4.78, 5) is 1.13. The summed E-state index contributed by atoms with van der Waals surface area (Å²) < 4.78 is 28.9. The standard InChI is InChI=1S/C12H12Br2N2O2S2/c1-7-10(15)4-8(13)5-11(7)20(17,18)16-6-9-2-3-12(14)19-9/h2-5,16H,6,15H2,1H3. The molecule has 1 heterocycles. The van der Waals surface area contributed by atoms with Crippen LogP contribution in [0.4, 0.5) is 5.69 Å². The molecular formula is C12H12Br2N2O2S2. The number of thiophene rings is 1. The molecule has 0 aliphatic rings. The van der Waals surface area contributed by atoms with Gasteiger partial charge in [0.2, 0.25) is 10.0 Å². The molecule has 0 bridgehead atoms. The zero-order valence-corrected chi connectivity index (χ0v) is 15.3. The Kier molecular flexibility index (Phi) is 4.91. The summed E-state index contributed by atoms with van der Waals surface area (Å²) in [6, 6.07) is 7.00. The second-order valence-electron chi connectivity index (χ2n) is 4.15. The van der Waals surface area contributed by atoms with Crippen LogP contribution in [0.15, 0.2) is 37.4 Å². The van der Waals surface area contributed by atoms with Gasteiger partial charge in [-0.25, -0.2) is 13.1 Å². The first-order valence-electron chi connectivity index (χ1n) is 5.59. The quantitative estimate of drug-likeness (QED) is 0.714. The predicted molar refractivity (Wildman–Crippen MR) is 89.3 cm³/mol. The van der Waals surface area contributed by atoms with Gasteiger partial charge < -0.3 is 5.73 Å². The minimum Gasteiger partial charge on any atom is -0.398 e. The van der Waals surface area contributed by atoms with Gasteiger partial charge in [-0.15, -0.1) is 11.3 Å². The maximum atomic E-state index is 12.3. The first-order valence-corrected chi connectivity index (χ1v) is 9.47. The van der Waals surface area contributed by atoms with Crippen molar-refractivity contribution in [2.24, 2.45) is 0 Å². The SMILES string of the molecule is Cc1c(N)cc(Br)cc1S(=O)(=O)NCc1ccc(Br)s1. The normalized spacial score (nSPS) is 11.8. The number of anilines is 1. The fourth-order valence-electron chi connectivity index (χ4n) is 1.64. The smallest absolute Gasteiger partial charge is 0.241 e. The van der Waals surface area contributed by atoms with E-state index < -0.39 is 10.0 Å². The highest BCUT2D eigenvalue weighted by atomic mass is 79.9. The highest BCUT2D eigenvalue weighted by Crippen LogP contribution is 2.27. The Hall–Kier alpha value is -0.410. The maximum Gasteiger partial charge on any atom is 0.241 e. The molecule has 0 unspecified atom stereocenters. The third-order valence-electron chi connectivity index (χ3n) is 2.72. The van der Waals surface area contributed by atoms with E-state index in [1.807, 2.05) is 12.1 Å². The average Bonchev–Trinajstić information content (AvgIpc) is 2.77. The summed E-state index contributed by atoms with van der Waals surface area (Å²) in [6.07, 6.45) is 0. The lowest BCUT2D eigenvalue weighted by Crippen LogP contribution is -2.24. The highest BCUT2D eigenvalue weighted by molar-refractivity contribution is 9.11. The Morgan fingerprint density at radius 1 is 1.30 bits per heavy atom. The molecule has 2 rings (SSSR count). The molecule has 0 aliphatic heterocycles. The molecule has 1 aromatic heterocycles. The van der Waals surface area contributed by atoms with Crippen molar-refractivity contribution in [3.8, 4) is 0 Å².